The van der Waals surface area contributed by atoms with Crippen LogP contribution in [-0.4, -0.2) is 16.2 Å². The van der Waals surface area contributed by atoms with E-state index in [-0.39, 0.29) is 6.17 Å². The monoisotopic (exact) mass is 750 g/mol. The summed E-state index contributed by atoms with van der Waals surface area (Å²) in [4.78, 5) is 10.4. The third kappa shape index (κ3) is 5.07. The molecule has 57 heavy (non-hydrogen) atoms. The van der Waals surface area contributed by atoms with Gasteiger partial charge in [0.2, 0.25) is 0 Å². The molecule has 0 spiro atoms. The van der Waals surface area contributed by atoms with Gasteiger partial charge in [-0.15, -0.1) is 11.3 Å². The second kappa shape index (κ2) is 12.8. The molecule has 0 bridgehead atoms. The van der Waals surface area contributed by atoms with Crippen LogP contribution in [0.1, 0.15) is 40.5 Å². The van der Waals surface area contributed by atoms with E-state index in [2.05, 4.69) is 155 Å². The number of nitrogens with one attached hydrogen (secondary N) is 1. The molecule has 0 amide bonds. The molecule has 0 saturated heterocycles. The molecule has 10 aromatic rings. The summed E-state index contributed by atoms with van der Waals surface area (Å²) in [5.74, 6) is 1.55. The zero-order valence-electron chi connectivity index (χ0n) is 30.8. The van der Waals surface area contributed by atoms with Gasteiger partial charge in [-0.3, -0.25) is 0 Å². The lowest BCUT2D eigenvalue weighted by Crippen LogP contribution is -2.33. The molecule has 270 valence electrons. The van der Waals surface area contributed by atoms with Crippen LogP contribution in [0.15, 0.2) is 178 Å². The second-order valence-corrected chi connectivity index (χ2v) is 15.9. The topological polar surface area (TPSA) is 54.8 Å². The largest absolute Gasteiger partial charge is 0.454 e. The van der Waals surface area contributed by atoms with Crippen molar-refractivity contribution in [3.05, 3.63) is 192 Å². The lowest BCUT2D eigenvalue weighted by atomic mass is 9.97. The zero-order valence-corrected chi connectivity index (χ0v) is 31.6. The summed E-state index contributed by atoms with van der Waals surface area (Å²) in [6, 6.07) is 55.9. The van der Waals surface area contributed by atoms with Gasteiger partial charge in [-0.25, -0.2) is 9.98 Å². The molecule has 5 nitrogen and oxygen atoms in total. The number of fused-ring (bicyclic) bond motifs is 9. The molecule has 6 heteroatoms. The van der Waals surface area contributed by atoms with E-state index >= 15 is 0 Å². The number of aliphatic imine (C=N–C) groups is 2. The van der Waals surface area contributed by atoms with Crippen molar-refractivity contribution in [3.8, 4) is 16.8 Å². The zero-order chi connectivity index (χ0) is 37.5. The summed E-state index contributed by atoms with van der Waals surface area (Å²) in [6.07, 6.45) is 6.42. The van der Waals surface area contributed by atoms with Gasteiger partial charge in [-0.2, -0.15) is 0 Å². The molecule has 1 atom stereocenters. The van der Waals surface area contributed by atoms with E-state index in [1.54, 1.807) is 0 Å². The molecule has 12 rings (SSSR count). The predicted molar refractivity (Wildman–Crippen MR) is 238 cm³/mol. The van der Waals surface area contributed by atoms with Gasteiger partial charge in [-0.05, 0) is 71.5 Å². The van der Waals surface area contributed by atoms with Crippen LogP contribution >= 0.6 is 11.3 Å². The molecule has 1 N–H and O–H groups in total. The number of allylic oxidation sites excluding steroid dienone is 1. The Labute approximate surface area is 332 Å². The van der Waals surface area contributed by atoms with Gasteiger partial charge >= 0.3 is 0 Å². The molecule has 0 saturated carbocycles. The lowest BCUT2D eigenvalue weighted by Gasteiger charge is -2.24. The molecular formula is C51H34N4OS. The average Bonchev–Trinajstić information content (AvgIpc) is 3.96. The first kappa shape index (κ1) is 32.2. The van der Waals surface area contributed by atoms with Gasteiger partial charge in [0.1, 0.15) is 17.6 Å². The first-order chi connectivity index (χ1) is 28.3. The van der Waals surface area contributed by atoms with Crippen LogP contribution in [0, 0.1) is 0 Å². The van der Waals surface area contributed by atoms with Crippen molar-refractivity contribution in [2.75, 3.05) is 0 Å². The molecule has 3 aromatic heterocycles. The first-order valence-electron chi connectivity index (χ1n) is 19.5. The fourth-order valence-corrected chi connectivity index (χ4v) is 10.2. The van der Waals surface area contributed by atoms with Crippen LogP contribution in [0.2, 0.25) is 0 Å². The standard InChI is InChI=1S/C51H34N4OS/c1-3-14-31(15-4-1)49-52-50(32-16-5-2-6-17-32)54-51(53-49)39-22-13-27-44-47(39)37-29-28-33(30-45(37)57-44)34-20-12-26-43-46(34)38-21-11-25-42(48(38)56-43)55-40-23-9-7-18-35(40)36-19-8-10-24-41(36)55/h1-7,9-18,20-30,49H,8,19H2,(H,52,53,54). The number of para-hydroxylation sites is 2. The van der Waals surface area contributed by atoms with E-state index < -0.39 is 0 Å². The minimum absolute atomic E-state index is 0.260. The fourth-order valence-electron chi connectivity index (χ4n) is 8.99. The van der Waals surface area contributed by atoms with Gasteiger partial charge in [-0.1, -0.05) is 133 Å². The summed E-state index contributed by atoms with van der Waals surface area (Å²) < 4.78 is 11.7. The Hall–Kier alpha value is -7.02. The van der Waals surface area contributed by atoms with Crippen molar-refractivity contribution in [2.24, 2.45) is 9.98 Å². The number of hydrogen-bond acceptors (Lipinski definition) is 5. The third-order valence-electron chi connectivity index (χ3n) is 11.6. The highest BCUT2D eigenvalue weighted by atomic mass is 32.1. The Balaban J connectivity index is 1.01. The number of amidine groups is 2. The van der Waals surface area contributed by atoms with Crippen LogP contribution in [-0.2, 0) is 6.42 Å². The molecule has 2 aliphatic rings. The van der Waals surface area contributed by atoms with Gasteiger partial charge in [0.25, 0.3) is 0 Å². The maximum atomic E-state index is 6.84. The van der Waals surface area contributed by atoms with Crippen LogP contribution in [0.3, 0.4) is 0 Å². The highest BCUT2D eigenvalue weighted by molar-refractivity contribution is 7.26. The highest BCUT2D eigenvalue weighted by Gasteiger charge is 2.25. The Kier molecular flexibility index (Phi) is 7.22. The van der Waals surface area contributed by atoms with Gasteiger partial charge in [0.05, 0.1) is 11.2 Å². The predicted octanol–water partition coefficient (Wildman–Crippen LogP) is 13.0. The van der Waals surface area contributed by atoms with Crippen LogP contribution in [0.4, 0.5) is 0 Å². The summed E-state index contributed by atoms with van der Waals surface area (Å²) >= 11 is 1.82. The number of benzene rings is 7. The lowest BCUT2D eigenvalue weighted by molar-refractivity contribution is 0.665. The summed E-state index contributed by atoms with van der Waals surface area (Å²) in [5.41, 5.74) is 12.2. The molecule has 1 unspecified atom stereocenters. The second-order valence-electron chi connectivity index (χ2n) is 14.8. The van der Waals surface area contributed by atoms with Crippen molar-refractivity contribution >= 4 is 82.1 Å². The van der Waals surface area contributed by atoms with Crippen molar-refractivity contribution in [2.45, 2.75) is 19.0 Å². The van der Waals surface area contributed by atoms with E-state index in [9.17, 15) is 0 Å². The molecule has 1 aliphatic carbocycles. The number of furan rings is 1. The number of thiophene rings is 1. The average molecular weight is 751 g/mol. The summed E-state index contributed by atoms with van der Waals surface area (Å²) in [6.45, 7) is 0. The smallest absolute Gasteiger partial charge is 0.160 e. The molecular weight excluding hydrogens is 717 g/mol. The molecule has 4 heterocycles. The van der Waals surface area contributed by atoms with Crippen LogP contribution < -0.4 is 5.32 Å². The minimum Gasteiger partial charge on any atom is -0.454 e. The maximum absolute atomic E-state index is 6.84. The van der Waals surface area contributed by atoms with Crippen LogP contribution in [0.25, 0.3) is 75.9 Å². The molecule has 1 aliphatic heterocycles. The maximum Gasteiger partial charge on any atom is 0.160 e. The summed E-state index contributed by atoms with van der Waals surface area (Å²) in [7, 11) is 0. The Morgan fingerprint density at radius 1 is 0.649 bits per heavy atom. The molecule has 7 aromatic carbocycles. The quantitative estimate of drug-likeness (QED) is 0.190. The number of nitrogens with zero attached hydrogens (tertiary/aromatic N) is 3. The van der Waals surface area contributed by atoms with Crippen molar-refractivity contribution < 1.29 is 4.42 Å². The Morgan fingerprint density at radius 3 is 2.35 bits per heavy atom. The highest BCUT2D eigenvalue weighted by Crippen LogP contribution is 2.44. The minimum atomic E-state index is -0.260. The molecule has 0 radical (unpaired) electrons. The van der Waals surface area contributed by atoms with Gasteiger partial charge < -0.3 is 14.3 Å². The van der Waals surface area contributed by atoms with Gasteiger partial charge in [0, 0.05) is 53.2 Å². The third-order valence-corrected chi connectivity index (χ3v) is 12.7. The summed E-state index contributed by atoms with van der Waals surface area (Å²) in [5, 5.41) is 9.55. The SMILES string of the molecule is C1=Cc2c(c3ccccc3n2-c2cccc3c2oc2cccc(-c4ccc5c(c4)sc4cccc(C6=NC(c7ccccc7)NC(c7ccccc7)=N6)c45)c23)CC1. The van der Waals surface area contributed by atoms with Gasteiger partial charge in [0.15, 0.2) is 11.4 Å². The number of aromatic nitrogens is 1. The van der Waals surface area contributed by atoms with Crippen molar-refractivity contribution in [3.63, 3.8) is 0 Å². The van der Waals surface area contributed by atoms with Crippen molar-refractivity contribution in [1.29, 1.82) is 0 Å². The number of hydrogen-bond donors (Lipinski definition) is 1. The normalized spacial score (nSPS) is 15.3. The fraction of sp³-hybridized carbons (Fsp3) is 0.0588. The van der Waals surface area contributed by atoms with E-state index in [4.69, 9.17) is 14.4 Å². The molecule has 0 fully saturated rings. The van der Waals surface area contributed by atoms with E-state index in [1.807, 2.05) is 35.6 Å². The van der Waals surface area contributed by atoms with E-state index in [1.165, 1.54) is 42.3 Å². The first-order valence-corrected chi connectivity index (χ1v) is 20.3. The number of rotatable bonds is 5. The van der Waals surface area contributed by atoms with E-state index in [0.717, 1.165) is 80.0 Å². The van der Waals surface area contributed by atoms with Crippen LogP contribution in [0.5, 0.6) is 0 Å². The Bertz CT molecular complexity index is 3330. The van der Waals surface area contributed by atoms with E-state index in [0.29, 0.717) is 0 Å². The van der Waals surface area contributed by atoms with Crippen molar-refractivity contribution in [1.82, 2.24) is 9.88 Å². The number of aryl methyl sites for hydroxylation is 1. The Morgan fingerprint density at radius 2 is 1.44 bits per heavy atom.